The van der Waals surface area contributed by atoms with Gasteiger partial charge in [0.25, 0.3) is 0 Å². The quantitative estimate of drug-likeness (QED) is 0.868. The molecule has 2 rings (SSSR count). The van der Waals surface area contributed by atoms with E-state index in [1.54, 1.807) is 0 Å². The highest BCUT2D eigenvalue weighted by atomic mass is 79.9. The van der Waals surface area contributed by atoms with Crippen LogP contribution in [-0.4, -0.2) is 11.7 Å². The van der Waals surface area contributed by atoms with Gasteiger partial charge < -0.3 is 10.1 Å². The van der Waals surface area contributed by atoms with Crippen molar-refractivity contribution in [1.29, 1.82) is 0 Å². The van der Waals surface area contributed by atoms with Crippen molar-refractivity contribution in [2.45, 2.75) is 32.9 Å². The van der Waals surface area contributed by atoms with Crippen LogP contribution in [0.1, 0.15) is 26.3 Å². The van der Waals surface area contributed by atoms with E-state index >= 15 is 0 Å². The normalized spacial score (nSPS) is 11.4. The Hall–Kier alpha value is -1.55. The summed E-state index contributed by atoms with van der Waals surface area (Å²) in [5, 5.41) is 5.07. The lowest BCUT2D eigenvalue weighted by atomic mass is 10.0. The fourth-order valence-corrected chi connectivity index (χ4v) is 2.50. The van der Waals surface area contributed by atoms with Crippen LogP contribution in [0.15, 0.2) is 40.9 Å². The van der Waals surface area contributed by atoms with Crippen molar-refractivity contribution < 1.29 is 9.53 Å². The topological polar surface area (TPSA) is 38.3 Å². The third-order valence-electron chi connectivity index (χ3n) is 2.73. The summed E-state index contributed by atoms with van der Waals surface area (Å²) in [7, 11) is 0. The molecule has 0 spiro atoms. The van der Waals surface area contributed by atoms with Crippen LogP contribution >= 0.6 is 15.9 Å². The zero-order valence-corrected chi connectivity index (χ0v) is 13.5. The molecule has 0 aliphatic heterocycles. The molecule has 2 aromatic carbocycles. The SMILES string of the molecule is CC(C)(C)OC(=O)NCc1cc(Br)cc2ccccc12. The molecule has 0 saturated carbocycles. The van der Waals surface area contributed by atoms with Crippen LogP contribution in [0.5, 0.6) is 0 Å². The summed E-state index contributed by atoms with van der Waals surface area (Å²) in [6.45, 7) is 5.98. The lowest BCUT2D eigenvalue weighted by Gasteiger charge is -2.20. The van der Waals surface area contributed by atoms with E-state index in [-0.39, 0.29) is 0 Å². The van der Waals surface area contributed by atoms with E-state index in [0.717, 1.165) is 20.8 Å². The maximum atomic E-state index is 11.7. The lowest BCUT2D eigenvalue weighted by molar-refractivity contribution is 0.0524. The summed E-state index contributed by atoms with van der Waals surface area (Å²) in [6.07, 6.45) is -0.401. The minimum absolute atomic E-state index is 0.401. The standard InChI is InChI=1S/C16H18BrNO2/c1-16(2,3)20-15(19)18-10-12-9-13(17)8-11-6-4-5-7-14(11)12/h4-9H,10H2,1-3H3,(H,18,19). The van der Waals surface area contributed by atoms with E-state index in [4.69, 9.17) is 4.74 Å². The van der Waals surface area contributed by atoms with Crippen LogP contribution in [0.2, 0.25) is 0 Å². The first kappa shape index (κ1) is 14.9. The zero-order valence-electron chi connectivity index (χ0n) is 11.9. The van der Waals surface area contributed by atoms with Gasteiger partial charge in [-0.1, -0.05) is 40.2 Å². The zero-order chi connectivity index (χ0) is 14.8. The average Bonchev–Trinajstić information content (AvgIpc) is 2.33. The molecule has 0 unspecified atom stereocenters. The Morgan fingerprint density at radius 1 is 1.25 bits per heavy atom. The molecular formula is C16H18BrNO2. The second kappa shape index (κ2) is 5.83. The van der Waals surface area contributed by atoms with Crippen molar-refractivity contribution in [2.24, 2.45) is 0 Å². The van der Waals surface area contributed by atoms with E-state index in [1.165, 1.54) is 0 Å². The third kappa shape index (κ3) is 3.97. The molecule has 0 radical (unpaired) electrons. The van der Waals surface area contributed by atoms with Gasteiger partial charge in [0.2, 0.25) is 0 Å². The van der Waals surface area contributed by atoms with Gasteiger partial charge >= 0.3 is 6.09 Å². The highest BCUT2D eigenvalue weighted by molar-refractivity contribution is 9.10. The molecule has 1 amide bonds. The van der Waals surface area contributed by atoms with Crippen LogP contribution < -0.4 is 5.32 Å². The van der Waals surface area contributed by atoms with Crippen molar-refractivity contribution in [1.82, 2.24) is 5.32 Å². The van der Waals surface area contributed by atoms with Crippen molar-refractivity contribution in [3.05, 3.63) is 46.4 Å². The number of hydrogen-bond acceptors (Lipinski definition) is 2. The highest BCUT2D eigenvalue weighted by Crippen LogP contribution is 2.24. The van der Waals surface area contributed by atoms with E-state index in [0.29, 0.717) is 6.54 Å². The van der Waals surface area contributed by atoms with Crippen molar-refractivity contribution in [3.8, 4) is 0 Å². The Morgan fingerprint density at radius 2 is 1.95 bits per heavy atom. The number of alkyl carbamates (subject to hydrolysis) is 1. The molecule has 0 saturated heterocycles. The van der Waals surface area contributed by atoms with Crippen LogP contribution in [0.3, 0.4) is 0 Å². The van der Waals surface area contributed by atoms with Gasteiger partial charge in [0, 0.05) is 11.0 Å². The number of halogens is 1. The van der Waals surface area contributed by atoms with E-state index in [2.05, 4.69) is 33.4 Å². The summed E-state index contributed by atoms with van der Waals surface area (Å²) < 4.78 is 6.24. The fourth-order valence-electron chi connectivity index (χ4n) is 1.98. The molecule has 1 N–H and O–H groups in total. The highest BCUT2D eigenvalue weighted by Gasteiger charge is 2.16. The van der Waals surface area contributed by atoms with E-state index in [9.17, 15) is 4.79 Å². The van der Waals surface area contributed by atoms with Crippen molar-refractivity contribution in [2.75, 3.05) is 0 Å². The Labute approximate surface area is 127 Å². The monoisotopic (exact) mass is 335 g/mol. The molecule has 0 aromatic heterocycles. The molecule has 0 aliphatic carbocycles. The Kier molecular flexibility index (Phi) is 4.33. The Balaban J connectivity index is 2.16. The van der Waals surface area contributed by atoms with Crippen LogP contribution in [0, 0.1) is 0 Å². The smallest absolute Gasteiger partial charge is 0.407 e. The van der Waals surface area contributed by atoms with Crippen molar-refractivity contribution >= 4 is 32.8 Å². The minimum atomic E-state index is -0.483. The average molecular weight is 336 g/mol. The number of hydrogen-bond donors (Lipinski definition) is 1. The Bertz CT molecular complexity index is 632. The molecule has 0 atom stereocenters. The predicted molar refractivity (Wildman–Crippen MR) is 84.7 cm³/mol. The van der Waals surface area contributed by atoms with Crippen LogP contribution in [0.25, 0.3) is 10.8 Å². The van der Waals surface area contributed by atoms with Gasteiger partial charge in [-0.05, 0) is 49.2 Å². The number of carbonyl (C=O) groups excluding carboxylic acids is 1. The molecule has 4 heteroatoms. The third-order valence-corrected chi connectivity index (χ3v) is 3.19. The van der Waals surface area contributed by atoms with Gasteiger partial charge in [0.1, 0.15) is 5.60 Å². The van der Waals surface area contributed by atoms with Crippen molar-refractivity contribution in [3.63, 3.8) is 0 Å². The molecule has 0 fully saturated rings. The predicted octanol–water partition coefficient (Wildman–Crippen LogP) is 4.63. The van der Waals surface area contributed by atoms with Gasteiger partial charge in [-0.15, -0.1) is 0 Å². The molecular weight excluding hydrogens is 318 g/mol. The number of nitrogens with one attached hydrogen (secondary N) is 1. The maximum absolute atomic E-state index is 11.7. The summed E-state index contributed by atoms with van der Waals surface area (Å²) in [6, 6.07) is 12.2. The fraction of sp³-hybridized carbons (Fsp3) is 0.312. The molecule has 20 heavy (non-hydrogen) atoms. The van der Waals surface area contributed by atoms with E-state index < -0.39 is 11.7 Å². The minimum Gasteiger partial charge on any atom is -0.444 e. The van der Waals surface area contributed by atoms with Gasteiger partial charge in [-0.2, -0.15) is 0 Å². The van der Waals surface area contributed by atoms with Gasteiger partial charge in [0.15, 0.2) is 0 Å². The number of carbonyl (C=O) groups is 1. The summed E-state index contributed by atoms with van der Waals surface area (Å²) >= 11 is 3.50. The summed E-state index contributed by atoms with van der Waals surface area (Å²) in [5.74, 6) is 0. The molecule has 0 aliphatic rings. The number of ether oxygens (including phenoxy) is 1. The summed E-state index contributed by atoms with van der Waals surface area (Å²) in [5.41, 5.74) is 0.574. The molecule has 0 heterocycles. The molecule has 106 valence electrons. The van der Waals surface area contributed by atoms with Crippen LogP contribution in [-0.2, 0) is 11.3 Å². The number of amides is 1. The molecule has 2 aromatic rings. The van der Waals surface area contributed by atoms with Gasteiger partial charge in [-0.25, -0.2) is 4.79 Å². The lowest BCUT2D eigenvalue weighted by Crippen LogP contribution is -2.32. The second-order valence-corrected chi connectivity index (χ2v) is 6.56. The first-order valence-corrected chi connectivity index (χ1v) is 7.28. The largest absolute Gasteiger partial charge is 0.444 e. The molecule has 3 nitrogen and oxygen atoms in total. The maximum Gasteiger partial charge on any atom is 0.407 e. The number of rotatable bonds is 2. The number of fused-ring (bicyclic) bond motifs is 1. The number of benzene rings is 2. The van der Waals surface area contributed by atoms with Gasteiger partial charge in [0.05, 0.1) is 0 Å². The van der Waals surface area contributed by atoms with E-state index in [1.807, 2.05) is 45.0 Å². The van der Waals surface area contributed by atoms with Crippen LogP contribution in [0.4, 0.5) is 4.79 Å². The Morgan fingerprint density at radius 3 is 2.65 bits per heavy atom. The van der Waals surface area contributed by atoms with Gasteiger partial charge in [-0.3, -0.25) is 0 Å². The second-order valence-electron chi connectivity index (χ2n) is 5.64. The molecule has 0 bridgehead atoms. The summed E-state index contributed by atoms with van der Waals surface area (Å²) in [4.78, 5) is 11.7. The first-order valence-electron chi connectivity index (χ1n) is 6.49. The first-order chi connectivity index (χ1) is 9.35.